The molecule has 0 fully saturated rings. The van der Waals surface area contributed by atoms with Crippen LogP contribution in [0.3, 0.4) is 0 Å². The normalized spacial score (nSPS) is 14.3. The summed E-state index contributed by atoms with van der Waals surface area (Å²) in [6.45, 7) is 6.96. The van der Waals surface area contributed by atoms with E-state index >= 15 is 0 Å². The highest BCUT2D eigenvalue weighted by atomic mass is 14.9. The van der Waals surface area contributed by atoms with E-state index in [0.717, 1.165) is 36.3 Å². The number of amidine groups is 1. The Labute approximate surface area is 96.1 Å². The molecule has 1 aliphatic heterocycles. The second-order valence-corrected chi connectivity index (χ2v) is 4.01. The Bertz CT molecular complexity index is 446. The zero-order chi connectivity index (χ0) is 11.5. The molecule has 0 bridgehead atoms. The number of nitrogens with zero attached hydrogens (tertiary/aromatic N) is 1. The van der Waals surface area contributed by atoms with Crippen molar-refractivity contribution >= 4 is 11.5 Å². The van der Waals surface area contributed by atoms with E-state index in [2.05, 4.69) is 29.9 Å². The molecule has 16 heavy (non-hydrogen) atoms. The summed E-state index contributed by atoms with van der Waals surface area (Å²) >= 11 is 0. The van der Waals surface area contributed by atoms with Crippen LogP contribution < -0.4 is 11.1 Å². The van der Waals surface area contributed by atoms with Gasteiger partial charge in [-0.2, -0.15) is 0 Å². The van der Waals surface area contributed by atoms with Gasteiger partial charge in [0.2, 0.25) is 0 Å². The van der Waals surface area contributed by atoms with Crippen molar-refractivity contribution in [3.8, 4) is 0 Å². The molecule has 0 atom stereocenters. The number of hydrogen-bond acceptors (Lipinski definition) is 3. The summed E-state index contributed by atoms with van der Waals surface area (Å²) in [5, 5.41) is 3.38. The highest BCUT2D eigenvalue weighted by Gasteiger charge is 2.16. The minimum absolute atomic E-state index is 0.574. The molecule has 1 heterocycles. The lowest BCUT2D eigenvalue weighted by atomic mass is 9.98. The third kappa shape index (κ3) is 1.94. The Hall–Kier alpha value is -1.77. The molecule has 3 N–H and O–H groups in total. The van der Waals surface area contributed by atoms with Crippen LogP contribution in [0.1, 0.15) is 24.5 Å². The summed E-state index contributed by atoms with van der Waals surface area (Å²) in [5.41, 5.74) is 10.1. The molecule has 0 aliphatic carbocycles. The van der Waals surface area contributed by atoms with Crippen molar-refractivity contribution in [2.24, 2.45) is 10.7 Å². The summed E-state index contributed by atoms with van der Waals surface area (Å²) < 4.78 is 0. The summed E-state index contributed by atoms with van der Waals surface area (Å²) in [4.78, 5) is 4.25. The predicted octanol–water partition coefficient (Wildman–Crippen LogP) is 2.28. The van der Waals surface area contributed by atoms with Crippen molar-refractivity contribution in [2.75, 3.05) is 11.9 Å². The summed E-state index contributed by atoms with van der Waals surface area (Å²) in [6, 6.07) is 6.17. The minimum atomic E-state index is 0.574. The Morgan fingerprint density at radius 2 is 2.31 bits per heavy atom. The lowest BCUT2D eigenvalue weighted by molar-refractivity contribution is 0.975. The van der Waals surface area contributed by atoms with E-state index in [4.69, 9.17) is 5.73 Å². The van der Waals surface area contributed by atoms with E-state index in [-0.39, 0.29) is 0 Å². The van der Waals surface area contributed by atoms with E-state index in [1.165, 1.54) is 5.56 Å². The molecule has 0 saturated heterocycles. The average Bonchev–Trinajstić information content (AvgIpc) is 2.25. The fraction of sp³-hybridized carbons (Fsp3) is 0.308. The van der Waals surface area contributed by atoms with Crippen molar-refractivity contribution in [1.82, 2.24) is 0 Å². The van der Waals surface area contributed by atoms with E-state index in [0.29, 0.717) is 5.84 Å². The SMILES string of the molecule is C=C1Cc2cccc(NCCC)c2C(N)=N1. The van der Waals surface area contributed by atoms with Crippen molar-refractivity contribution in [2.45, 2.75) is 19.8 Å². The highest BCUT2D eigenvalue weighted by Crippen LogP contribution is 2.26. The Balaban J connectivity index is 2.41. The van der Waals surface area contributed by atoms with Gasteiger partial charge in [0.1, 0.15) is 5.84 Å². The molecule has 0 unspecified atom stereocenters. The number of rotatable bonds is 3. The molecule has 0 saturated carbocycles. The number of benzene rings is 1. The van der Waals surface area contributed by atoms with Crippen LogP contribution in [0, 0.1) is 0 Å². The van der Waals surface area contributed by atoms with Crippen molar-refractivity contribution in [3.63, 3.8) is 0 Å². The van der Waals surface area contributed by atoms with Gasteiger partial charge in [0.15, 0.2) is 0 Å². The van der Waals surface area contributed by atoms with Crippen molar-refractivity contribution < 1.29 is 0 Å². The topological polar surface area (TPSA) is 50.4 Å². The van der Waals surface area contributed by atoms with E-state index in [9.17, 15) is 0 Å². The first kappa shape index (κ1) is 10.7. The summed E-state index contributed by atoms with van der Waals surface area (Å²) in [6.07, 6.45) is 1.88. The van der Waals surface area contributed by atoms with Crippen LogP contribution in [0.15, 0.2) is 35.5 Å². The minimum Gasteiger partial charge on any atom is -0.384 e. The average molecular weight is 215 g/mol. The first-order valence-electron chi connectivity index (χ1n) is 5.60. The van der Waals surface area contributed by atoms with E-state index in [1.807, 2.05) is 12.1 Å². The predicted molar refractivity (Wildman–Crippen MR) is 68.8 cm³/mol. The van der Waals surface area contributed by atoms with Gasteiger partial charge in [-0.1, -0.05) is 25.6 Å². The molecule has 0 aromatic heterocycles. The fourth-order valence-electron chi connectivity index (χ4n) is 1.94. The molecule has 3 nitrogen and oxygen atoms in total. The molecule has 0 spiro atoms. The molecule has 84 valence electrons. The second kappa shape index (κ2) is 4.39. The van der Waals surface area contributed by atoms with Crippen LogP contribution in [0.5, 0.6) is 0 Å². The Morgan fingerprint density at radius 3 is 3.06 bits per heavy atom. The quantitative estimate of drug-likeness (QED) is 0.812. The third-order valence-electron chi connectivity index (χ3n) is 2.65. The number of fused-ring (bicyclic) bond motifs is 1. The van der Waals surface area contributed by atoms with Gasteiger partial charge >= 0.3 is 0 Å². The van der Waals surface area contributed by atoms with Crippen LogP contribution in [-0.4, -0.2) is 12.4 Å². The van der Waals surface area contributed by atoms with Crippen LogP contribution in [0.4, 0.5) is 5.69 Å². The monoisotopic (exact) mass is 215 g/mol. The molecule has 2 rings (SSSR count). The maximum atomic E-state index is 5.96. The van der Waals surface area contributed by atoms with Gasteiger partial charge in [-0.25, -0.2) is 4.99 Å². The number of nitrogens with one attached hydrogen (secondary N) is 1. The molecule has 1 aliphatic rings. The smallest absolute Gasteiger partial charge is 0.133 e. The molecule has 3 heteroatoms. The molecule has 0 radical (unpaired) electrons. The third-order valence-corrected chi connectivity index (χ3v) is 2.65. The van der Waals surface area contributed by atoms with Crippen molar-refractivity contribution in [1.29, 1.82) is 0 Å². The summed E-state index contributed by atoms with van der Waals surface area (Å²) in [7, 11) is 0. The van der Waals surface area contributed by atoms with E-state index in [1.54, 1.807) is 0 Å². The van der Waals surface area contributed by atoms with Crippen molar-refractivity contribution in [3.05, 3.63) is 41.6 Å². The second-order valence-electron chi connectivity index (χ2n) is 4.01. The van der Waals surface area contributed by atoms with E-state index < -0.39 is 0 Å². The van der Waals surface area contributed by atoms with Gasteiger partial charge in [-0.15, -0.1) is 0 Å². The Morgan fingerprint density at radius 1 is 1.50 bits per heavy atom. The maximum absolute atomic E-state index is 5.96. The number of hydrogen-bond donors (Lipinski definition) is 2. The number of allylic oxidation sites excluding steroid dienone is 1. The zero-order valence-electron chi connectivity index (χ0n) is 9.59. The van der Waals surface area contributed by atoms with Gasteiger partial charge < -0.3 is 11.1 Å². The Kier molecular flexibility index (Phi) is 2.95. The zero-order valence-corrected chi connectivity index (χ0v) is 9.59. The first-order chi connectivity index (χ1) is 7.72. The van der Waals surface area contributed by atoms with Crippen LogP contribution in [-0.2, 0) is 6.42 Å². The highest BCUT2D eigenvalue weighted by molar-refractivity contribution is 6.05. The van der Waals surface area contributed by atoms with Gasteiger partial charge in [0, 0.05) is 29.9 Å². The molecule has 1 aromatic carbocycles. The number of aliphatic imine (C=N–C) groups is 1. The van der Waals surface area contributed by atoms with Gasteiger partial charge in [-0.05, 0) is 18.1 Å². The lowest BCUT2D eigenvalue weighted by Crippen LogP contribution is -2.22. The molecule has 1 aromatic rings. The molecular weight excluding hydrogens is 198 g/mol. The van der Waals surface area contributed by atoms with Gasteiger partial charge in [0.25, 0.3) is 0 Å². The fourth-order valence-corrected chi connectivity index (χ4v) is 1.94. The summed E-state index contributed by atoms with van der Waals surface area (Å²) in [5.74, 6) is 0.574. The maximum Gasteiger partial charge on any atom is 0.133 e. The lowest BCUT2D eigenvalue weighted by Gasteiger charge is -2.19. The van der Waals surface area contributed by atoms with Gasteiger partial charge in [-0.3, -0.25) is 0 Å². The van der Waals surface area contributed by atoms with Gasteiger partial charge in [0.05, 0.1) is 0 Å². The number of anilines is 1. The standard InChI is InChI=1S/C13H17N3/c1-3-7-15-11-6-4-5-10-8-9(2)16-13(14)12(10)11/h4-6,15H,2-3,7-8H2,1H3,(H2,14,16). The van der Waals surface area contributed by atoms with Crippen LogP contribution >= 0.6 is 0 Å². The molecule has 0 amide bonds. The number of nitrogens with two attached hydrogens (primary N) is 1. The van der Waals surface area contributed by atoms with Crippen LogP contribution in [0.25, 0.3) is 0 Å². The largest absolute Gasteiger partial charge is 0.384 e. The molecular formula is C13H17N3. The van der Waals surface area contributed by atoms with Crippen LogP contribution in [0.2, 0.25) is 0 Å². The first-order valence-corrected chi connectivity index (χ1v) is 5.60.